The van der Waals surface area contributed by atoms with E-state index < -0.39 is 41.2 Å². The number of rotatable bonds is 7. The summed E-state index contributed by atoms with van der Waals surface area (Å²) in [5, 5.41) is 3.35. The minimum absolute atomic E-state index is 0.202. The van der Waals surface area contributed by atoms with Gasteiger partial charge in [-0.05, 0) is 30.7 Å². The lowest BCUT2D eigenvalue weighted by Crippen LogP contribution is -2.53. The maximum Gasteiger partial charge on any atom is 0.331 e. The predicted molar refractivity (Wildman–Crippen MR) is 141 cm³/mol. The minimum atomic E-state index is -1.67. The summed E-state index contributed by atoms with van der Waals surface area (Å²) in [4.78, 5) is 55.2. The highest BCUT2D eigenvalue weighted by atomic mass is 16.5. The first kappa shape index (κ1) is 26.1. The molecule has 2 aliphatic rings. The Balaban J connectivity index is 1.74. The summed E-state index contributed by atoms with van der Waals surface area (Å²) in [5.41, 5.74) is 0.0202. The lowest BCUT2D eigenvalue weighted by molar-refractivity contribution is -0.152. The number of hydrogen-bond acceptors (Lipinski definition) is 8. The van der Waals surface area contributed by atoms with Gasteiger partial charge in [-0.25, -0.2) is 9.69 Å². The highest BCUT2D eigenvalue weighted by Gasteiger charge is 2.70. The van der Waals surface area contributed by atoms with Crippen LogP contribution in [0.4, 0.5) is 5.69 Å². The lowest BCUT2D eigenvalue weighted by Gasteiger charge is -2.33. The van der Waals surface area contributed by atoms with E-state index in [1.165, 1.54) is 34.3 Å². The quantitative estimate of drug-likeness (QED) is 0.282. The summed E-state index contributed by atoms with van der Waals surface area (Å²) in [6.07, 6.45) is 0. The summed E-state index contributed by atoms with van der Waals surface area (Å²) >= 11 is 0. The standard InChI is InChI=1S/C30H28N2O7/c1-17(33)18-9-8-12-20(15-18)32-27(34)24-25(28(32)35)30(29(36)39-4,19-10-6-5-7-11-19)31-26(24)22-14-13-21(37-2)16-23(22)38-3/h5-16,24-26,31H,1-4H3/t24-,25+,26-,30-/m1/s1. The SMILES string of the molecule is COC(=O)[C@]1(c2ccccc2)N[C@H](c2ccc(OC)cc2OC)[C@@H]2C(=O)N(c3cccc(C(C)=O)c3)C(=O)[C@H]21. The van der Waals surface area contributed by atoms with Gasteiger partial charge in [0.1, 0.15) is 11.5 Å². The normalized spacial score (nSPS) is 23.9. The molecule has 4 atom stereocenters. The molecule has 39 heavy (non-hydrogen) atoms. The van der Waals surface area contributed by atoms with Gasteiger partial charge in [0.2, 0.25) is 11.8 Å². The van der Waals surface area contributed by atoms with E-state index >= 15 is 0 Å². The van der Waals surface area contributed by atoms with E-state index in [1.807, 2.05) is 0 Å². The Morgan fingerprint density at radius 3 is 2.26 bits per heavy atom. The molecule has 2 amide bonds. The van der Waals surface area contributed by atoms with Crippen LogP contribution in [0.25, 0.3) is 0 Å². The van der Waals surface area contributed by atoms with Crippen LogP contribution in [0, 0.1) is 11.8 Å². The zero-order valence-electron chi connectivity index (χ0n) is 22.0. The number of ketones is 1. The first-order valence-corrected chi connectivity index (χ1v) is 12.4. The van der Waals surface area contributed by atoms with E-state index in [-0.39, 0.29) is 11.5 Å². The molecule has 1 N–H and O–H groups in total. The second kappa shape index (κ2) is 9.99. The molecular weight excluding hydrogens is 500 g/mol. The number of nitrogens with zero attached hydrogens (tertiary/aromatic N) is 1. The van der Waals surface area contributed by atoms with Crippen LogP contribution in [-0.2, 0) is 24.7 Å². The third-order valence-corrected chi connectivity index (χ3v) is 7.58. The molecule has 5 rings (SSSR count). The summed E-state index contributed by atoms with van der Waals surface area (Å²) in [6.45, 7) is 1.41. The van der Waals surface area contributed by atoms with Gasteiger partial charge in [-0.3, -0.25) is 19.7 Å². The number of methoxy groups -OCH3 is 3. The van der Waals surface area contributed by atoms with Gasteiger partial charge in [0.05, 0.1) is 38.9 Å². The molecule has 9 nitrogen and oxygen atoms in total. The van der Waals surface area contributed by atoms with Crippen LogP contribution < -0.4 is 19.7 Å². The average molecular weight is 529 g/mol. The zero-order valence-corrected chi connectivity index (χ0v) is 22.0. The fraction of sp³-hybridized carbons (Fsp3) is 0.267. The van der Waals surface area contributed by atoms with Crippen molar-refractivity contribution in [2.24, 2.45) is 11.8 Å². The van der Waals surface area contributed by atoms with Crippen LogP contribution in [0.15, 0.2) is 72.8 Å². The van der Waals surface area contributed by atoms with E-state index in [4.69, 9.17) is 14.2 Å². The number of Topliss-reactive ketones (excluding diaryl/α,β-unsaturated/α-hetero) is 1. The van der Waals surface area contributed by atoms with E-state index in [9.17, 15) is 19.2 Å². The van der Waals surface area contributed by atoms with Crippen LogP contribution in [-0.4, -0.2) is 44.9 Å². The summed E-state index contributed by atoms with van der Waals surface area (Å²) in [7, 11) is 4.28. The number of carbonyl (C=O) groups is 4. The average Bonchev–Trinajstić information content (AvgIpc) is 3.46. The molecule has 0 unspecified atom stereocenters. The molecule has 3 aromatic carbocycles. The van der Waals surface area contributed by atoms with Gasteiger partial charge in [-0.15, -0.1) is 0 Å². The van der Waals surface area contributed by atoms with Crippen LogP contribution >= 0.6 is 0 Å². The fourth-order valence-corrected chi connectivity index (χ4v) is 5.80. The molecule has 200 valence electrons. The molecule has 0 bridgehead atoms. The lowest BCUT2D eigenvalue weighted by atomic mass is 9.75. The van der Waals surface area contributed by atoms with Crippen molar-refractivity contribution in [1.82, 2.24) is 5.32 Å². The van der Waals surface area contributed by atoms with Crippen molar-refractivity contribution in [2.75, 3.05) is 26.2 Å². The molecular formula is C30H28N2O7. The van der Waals surface area contributed by atoms with E-state index in [1.54, 1.807) is 66.7 Å². The third-order valence-electron chi connectivity index (χ3n) is 7.58. The monoisotopic (exact) mass is 528 g/mol. The molecule has 9 heteroatoms. The van der Waals surface area contributed by atoms with Gasteiger partial charge < -0.3 is 14.2 Å². The molecule has 2 heterocycles. The highest BCUT2D eigenvalue weighted by molar-refractivity contribution is 6.24. The zero-order chi connectivity index (χ0) is 27.9. The predicted octanol–water partition coefficient (Wildman–Crippen LogP) is 3.43. The van der Waals surface area contributed by atoms with Crippen molar-refractivity contribution >= 4 is 29.3 Å². The van der Waals surface area contributed by atoms with Gasteiger partial charge in [-0.2, -0.15) is 0 Å². The molecule has 0 radical (unpaired) electrons. The Morgan fingerprint density at radius 2 is 1.62 bits per heavy atom. The topological polar surface area (TPSA) is 111 Å². The number of amides is 2. The summed E-state index contributed by atoms with van der Waals surface area (Å²) in [5.74, 6) is -3.12. The van der Waals surface area contributed by atoms with E-state index in [0.29, 0.717) is 28.2 Å². The van der Waals surface area contributed by atoms with Crippen LogP contribution in [0.5, 0.6) is 11.5 Å². The molecule has 0 spiro atoms. The summed E-state index contributed by atoms with van der Waals surface area (Å²) in [6, 6.07) is 19.5. The molecule has 0 aromatic heterocycles. The Bertz CT molecular complexity index is 1470. The molecule has 2 fully saturated rings. The van der Waals surface area contributed by atoms with E-state index in [2.05, 4.69) is 5.32 Å². The van der Waals surface area contributed by atoms with Crippen molar-refractivity contribution in [3.05, 3.63) is 89.5 Å². The van der Waals surface area contributed by atoms with Crippen molar-refractivity contribution in [3.8, 4) is 11.5 Å². The molecule has 2 saturated heterocycles. The van der Waals surface area contributed by atoms with Crippen molar-refractivity contribution in [1.29, 1.82) is 0 Å². The Kier molecular flexibility index (Phi) is 6.69. The maximum absolute atomic E-state index is 14.2. The maximum atomic E-state index is 14.2. The highest BCUT2D eigenvalue weighted by Crippen LogP contribution is 2.55. The summed E-state index contributed by atoms with van der Waals surface area (Å²) < 4.78 is 16.3. The number of hydrogen-bond donors (Lipinski definition) is 1. The second-order valence-corrected chi connectivity index (χ2v) is 9.52. The number of esters is 1. The largest absolute Gasteiger partial charge is 0.497 e. The van der Waals surface area contributed by atoms with Crippen molar-refractivity contribution in [2.45, 2.75) is 18.5 Å². The Morgan fingerprint density at radius 1 is 0.872 bits per heavy atom. The molecule has 3 aromatic rings. The number of anilines is 1. The first-order valence-electron chi connectivity index (χ1n) is 12.4. The fourth-order valence-electron chi connectivity index (χ4n) is 5.80. The van der Waals surface area contributed by atoms with Gasteiger partial charge in [0, 0.05) is 23.2 Å². The number of nitrogens with one attached hydrogen (secondary N) is 1. The van der Waals surface area contributed by atoms with Gasteiger partial charge >= 0.3 is 5.97 Å². The smallest absolute Gasteiger partial charge is 0.331 e. The van der Waals surface area contributed by atoms with Gasteiger partial charge in [0.25, 0.3) is 0 Å². The van der Waals surface area contributed by atoms with E-state index in [0.717, 1.165) is 4.90 Å². The van der Waals surface area contributed by atoms with Gasteiger partial charge in [0.15, 0.2) is 11.3 Å². The number of fused-ring (bicyclic) bond motifs is 1. The van der Waals surface area contributed by atoms with Crippen LogP contribution in [0.1, 0.15) is 34.5 Å². The first-order chi connectivity index (χ1) is 18.8. The Hall–Kier alpha value is -4.50. The molecule has 0 saturated carbocycles. The number of ether oxygens (including phenoxy) is 3. The number of benzene rings is 3. The third kappa shape index (κ3) is 3.97. The van der Waals surface area contributed by atoms with Gasteiger partial charge in [-0.1, -0.05) is 48.5 Å². The van der Waals surface area contributed by atoms with Crippen molar-refractivity contribution < 1.29 is 33.4 Å². The minimum Gasteiger partial charge on any atom is -0.497 e. The Labute approximate surface area is 225 Å². The number of imide groups is 1. The van der Waals surface area contributed by atoms with Crippen LogP contribution in [0.3, 0.4) is 0 Å². The van der Waals surface area contributed by atoms with Crippen molar-refractivity contribution in [3.63, 3.8) is 0 Å². The van der Waals surface area contributed by atoms with Crippen LogP contribution in [0.2, 0.25) is 0 Å². The number of carbonyl (C=O) groups excluding carboxylic acids is 4. The second-order valence-electron chi connectivity index (χ2n) is 9.52. The molecule has 2 aliphatic heterocycles. The molecule has 0 aliphatic carbocycles.